The second kappa shape index (κ2) is 5.87. The summed E-state index contributed by atoms with van der Waals surface area (Å²) in [4.78, 5) is 0. The van der Waals surface area contributed by atoms with Gasteiger partial charge in [0.2, 0.25) is 0 Å². The smallest absolute Gasteiger partial charge is 0.147 e. The zero-order valence-corrected chi connectivity index (χ0v) is 10.7. The van der Waals surface area contributed by atoms with Crippen molar-refractivity contribution in [1.82, 2.24) is 5.32 Å². The van der Waals surface area contributed by atoms with E-state index in [4.69, 9.17) is 10.9 Å². The van der Waals surface area contributed by atoms with Gasteiger partial charge in [0.25, 0.3) is 0 Å². The summed E-state index contributed by atoms with van der Waals surface area (Å²) in [6.45, 7) is 2.94. The van der Waals surface area contributed by atoms with Crippen molar-refractivity contribution < 1.29 is 5.21 Å². The van der Waals surface area contributed by atoms with Crippen molar-refractivity contribution in [3.63, 3.8) is 0 Å². The Bertz CT molecular complexity index is 405. The highest BCUT2D eigenvalue weighted by atomic mass is 16.4. The second-order valence-corrected chi connectivity index (χ2v) is 4.91. The van der Waals surface area contributed by atoms with Crippen molar-refractivity contribution in [2.45, 2.75) is 31.7 Å². The molecule has 1 aromatic carbocycles. The molecule has 0 radical (unpaired) electrons. The van der Waals surface area contributed by atoms with E-state index in [2.05, 4.69) is 17.4 Å². The van der Waals surface area contributed by atoms with E-state index >= 15 is 0 Å². The van der Waals surface area contributed by atoms with Crippen molar-refractivity contribution >= 4 is 5.84 Å². The Morgan fingerprint density at radius 3 is 2.78 bits per heavy atom. The molecule has 0 saturated heterocycles. The van der Waals surface area contributed by atoms with Crippen molar-refractivity contribution in [3.8, 4) is 0 Å². The Morgan fingerprint density at radius 1 is 1.50 bits per heavy atom. The lowest BCUT2D eigenvalue weighted by molar-refractivity contribution is 0.315. The van der Waals surface area contributed by atoms with Crippen LogP contribution in [0.4, 0.5) is 0 Å². The van der Waals surface area contributed by atoms with E-state index in [1.54, 1.807) is 0 Å². The molecule has 98 valence electrons. The van der Waals surface area contributed by atoms with Gasteiger partial charge in [0.05, 0.1) is 5.92 Å². The number of nitrogens with zero attached hydrogens (tertiary/aromatic N) is 1. The first kappa shape index (κ1) is 12.9. The maximum Gasteiger partial charge on any atom is 0.147 e. The van der Waals surface area contributed by atoms with Crippen LogP contribution in [0.2, 0.25) is 0 Å². The summed E-state index contributed by atoms with van der Waals surface area (Å²) < 4.78 is 0. The van der Waals surface area contributed by atoms with Gasteiger partial charge < -0.3 is 16.3 Å². The Kier molecular flexibility index (Phi) is 4.20. The van der Waals surface area contributed by atoms with Crippen LogP contribution >= 0.6 is 0 Å². The van der Waals surface area contributed by atoms with Gasteiger partial charge in [-0.25, -0.2) is 0 Å². The number of oxime groups is 1. The van der Waals surface area contributed by atoms with Crippen LogP contribution in [0, 0.1) is 5.92 Å². The molecule has 0 bridgehead atoms. The van der Waals surface area contributed by atoms with Gasteiger partial charge in [-0.15, -0.1) is 0 Å². The van der Waals surface area contributed by atoms with Crippen LogP contribution in [-0.2, 0) is 0 Å². The highest BCUT2D eigenvalue weighted by molar-refractivity contribution is 5.87. The molecule has 4 nitrogen and oxygen atoms in total. The van der Waals surface area contributed by atoms with Gasteiger partial charge in [0.15, 0.2) is 0 Å². The van der Waals surface area contributed by atoms with Gasteiger partial charge in [0.1, 0.15) is 5.84 Å². The molecule has 1 aliphatic rings. The van der Waals surface area contributed by atoms with E-state index in [9.17, 15) is 0 Å². The summed E-state index contributed by atoms with van der Waals surface area (Å²) in [5.74, 6) is 1.01. The minimum atomic E-state index is -0.0608. The molecular weight excluding hydrogens is 226 g/mol. The lowest BCUT2D eigenvalue weighted by Gasteiger charge is -2.16. The second-order valence-electron chi connectivity index (χ2n) is 4.91. The predicted molar refractivity (Wildman–Crippen MR) is 72.8 cm³/mol. The van der Waals surface area contributed by atoms with E-state index < -0.39 is 0 Å². The summed E-state index contributed by atoms with van der Waals surface area (Å²) >= 11 is 0. The van der Waals surface area contributed by atoms with Crippen LogP contribution in [-0.4, -0.2) is 23.6 Å². The van der Waals surface area contributed by atoms with Gasteiger partial charge >= 0.3 is 0 Å². The summed E-state index contributed by atoms with van der Waals surface area (Å²) in [5.41, 5.74) is 6.86. The standard InChI is InChI=1S/C14H21N3O/c1-2-10-8-13(10)16-9-12(14(15)17-18)11-6-4-3-5-7-11/h3-7,10,12-13,16,18H,2,8-9H2,1H3,(H2,15,17). The molecule has 0 aliphatic heterocycles. The third-order valence-corrected chi connectivity index (χ3v) is 3.71. The monoisotopic (exact) mass is 247 g/mol. The van der Waals surface area contributed by atoms with Crippen LogP contribution in [0.1, 0.15) is 31.2 Å². The number of hydrogen-bond donors (Lipinski definition) is 3. The van der Waals surface area contributed by atoms with Crippen molar-refractivity contribution in [2.75, 3.05) is 6.54 Å². The van der Waals surface area contributed by atoms with Gasteiger partial charge in [-0.05, 0) is 17.9 Å². The first-order valence-corrected chi connectivity index (χ1v) is 6.52. The molecule has 1 saturated carbocycles. The lowest BCUT2D eigenvalue weighted by Crippen LogP contribution is -2.33. The van der Waals surface area contributed by atoms with Gasteiger partial charge in [-0.2, -0.15) is 0 Å². The van der Waals surface area contributed by atoms with E-state index in [1.165, 1.54) is 12.8 Å². The number of nitrogens with two attached hydrogens (primary N) is 1. The highest BCUT2D eigenvalue weighted by Crippen LogP contribution is 2.33. The first-order valence-electron chi connectivity index (χ1n) is 6.52. The fourth-order valence-electron chi connectivity index (χ4n) is 2.37. The first-order chi connectivity index (χ1) is 8.76. The molecule has 18 heavy (non-hydrogen) atoms. The number of hydrogen-bond acceptors (Lipinski definition) is 3. The maximum absolute atomic E-state index is 8.88. The normalized spacial score (nSPS) is 24.8. The Hall–Kier alpha value is -1.55. The van der Waals surface area contributed by atoms with E-state index in [0.29, 0.717) is 6.04 Å². The topological polar surface area (TPSA) is 70.6 Å². The van der Waals surface area contributed by atoms with Gasteiger partial charge in [-0.3, -0.25) is 0 Å². The minimum absolute atomic E-state index is 0.0608. The molecule has 1 fully saturated rings. The molecule has 0 spiro atoms. The zero-order chi connectivity index (χ0) is 13.0. The largest absolute Gasteiger partial charge is 0.409 e. The quantitative estimate of drug-likeness (QED) is 0.311. The van der Waals surface area contributed by atoms with E-state index in [0.717, 1.165) is 18.0 Å². The Balaban J connectivity index is 1.98. The third kappa shape index (κ3) is 3.01. The van der Waals surface area contributed by atoms with Crippen molar-refractivity contribution in [1.29, 1.82) is 0 Å². The summed E-state index contributed by atoms with van der Waals surface area (Å²) in [6, 6.07) is 10.5. The van der Waals surface area contributed by atoms with Crippen LogP contribution in [0.25, 0.3) is 0 Å². The van der Waals surface area contributed by atoms with Gasteiger partial charge in [-0.1, -0.05) is 48.8 Å². The average molecular weight is 247 g/mol. The number of benzene rings is 1. The van der Waals surface area contributed by atoms with Gasteiger partial charge in [0, 0.05) is 12.6 Å². The molecule has 2 rings (SSSR count). The molecule has 4 N–H and O–H groups in total. The zero-order valence-electron chi connectivity index (χ0n) is 10.7. The van der Waals surface area contributed by atoms with Crippen molar-refractivity contribution in [2.24, 2.45) is 16.8 Å². The van der Waals surface area contributed by atoms with Crippen molar-refractivity contribution in [3.05, 3.63) is 35.9 Å². The molecule has 0 amide bonds. The van der Waals surface area contributed by atoms with E-state index in [1.807, 2.05) is 30.3 Å². The fourth-order valence-corrected chi connectivity index (χ4v) is 2.37. The minimum Gasteiger partial charge on any atom is -0.409 e. The predicted octanol–water partition coefficient (Wildman–Crippen LogP) is 1.90. The fraction of sp³-hybridized carbons (Fsp3) is 0.500. The number of rotatable bonds is 6. The molecule has 4 heteroatoms. The number of nitrogens with one attached hydrogen (secondary N) is 1. The maximum atomic E-state index is 8.88. The lowest BCUT2D eigenvalue weighted by atomic mass is 9.98. The summed E-state index contributed by atoms with van der Waals surface area (Å²) in [6.07, 6.45) is 2.46. The molecule has 3 atom stereocenters. The average Bonchev–Trinajstić information content (AvgIpc) is 3.18. The molecule has 0 heterocycles. The van der Waals surface area contributed by atoms with Crippen LogP contribution in [0.5, 0.6) is 0 Å². The van der Waals surface area contributed by atoms with E-state index in [-0.39, 0.29) is 11.8 Å². The Labute approximate surface area is 108 Å². The highest BCUT2D eigenvalue weighted by Gasteiger charge is 2.35. The van der Waals surface area contributed by atoms with Crippen LogP contribution < -0.4 is 11.1 Å². The molecular formula is C14H21N3O. The molecule has 0 aromatic heterocycles. The van der Waals surface area contributed by atoms with Crippen LogP contribution in [0.15, 0.2) is 35.5 Å². The Morgan fingerprint density at radius 2 is 2.22 bits per heavy atom. The third-order valence-electron chi connectivity index (χ3n) is 3.71. The van der Waals surface area contributed by atoms with Crippen LogP contribution in [0.3, 0.4) is 0 Å². The SMILES string of the molecule is CCC1CC1NCC(/C(N)=N/O)c1ccccc1. The molecule has 3 unspecified atom stereocenters. The summed E-state index contributed by atoms with van der Waals surface area (Å²) in [5, 5.41) is 15.5. The number of amidine groups is 1. The molecule has 1 aromatic rings. The molecule has 1 aliphatic carbocycles. The summed E-state index contributed by atoms with van der Waals surface area (Å²) in [7, 11) is 0.